The number of rotatable bonds is 6. The Morgan fingerprint density at radius 1 is 1.29 bits per heavy atom. The molecule has 0 radical (unpaired) electrons. The lowest BCUT2D eigenvalue weighted by atomic mass is 10.1. The fourth-order valence-electron chi connectivity index (χ4n) is 1.66. The summed E-state index contributed by atoms with van der Waals surface area (Å²) in [5.74, 6) is -0.0931. The Balaban J connectivity index is 2.41. The van der Waals surface area contributed by atoms with E-state index >= 15 is 0 Å². The third-order valence-electron chi connectivity index (χ3n) is 2.48. The highest BCUT2D eigenvalue weighted by atomic mass is 16.2. The molecule has 1 rings (SSSR count). The van der Waals surface area contributed by atoms with Crippen LogP contribution >= 0.6 is 0 Å². The van der Waals surface area contributed by atoms with Crippen LogP contribution in [-0.4, -0.2) is 24.2 Å². The van der Waals surface area contributed by atoms with Crippen LogP contribution in [0.4, 0.5) is 5.69 Å². The molecule has 0 aliphatic heterocycles. The molecule has 1 aromatic rings. The van der Waals surface area contributed by atoms with Gasteiger partial charge in [0, 0.05) is 24.4 Å². The van der Waals surface area contributed by atoms with Crippen LogP contribution in [0.3, 0.4) is 0 Å². The minimum absolute atomic E-state index is 0.0931. The van der Waals surface area contributed by atoms with E-state index in [4.69, 9.17) is 10.8 Å². The van der Waals surface area contributed by atoms with Gasteiger partial charge in [0.25, 0.3) is 5.91 Å². The summed E-state index contributed by atoms with van der Waals surface area (Å²) in [5, 5.41) is 11.4. The number of carbonyl (C=O) groups is 1. The molecule has 4 N–H and O–H groups in total. The largest absolute Gasteiger partial charge is 0.399 e. The van der Waals surface area contributed by atoms with Crippen LogP contribution in [0.15, 0.2) is 18.2 Å². The summed E-state index contributed by atoms with van der Waals surface area (Å²) < 4.78 is 0. The van der Waals surface area contributed by atoms with E-state index < -0.39 is 0 Å². The number of hydrogen-bond acceptors (Lipinski definition) is 3. The van der Waals surface area contributed by atoms with Crippen molar-refractivity contribution in [3.63, 3.8) is 0 Å². The summed E-state index contributed by atoms with van der Waals surface area (Å²) in [5.41, 5.74) is 7.87. The van der Waals surface area contributed by atoms with Gasteiger partial charge in [0.05, 0.1) is 0 Å². The van der Waals surface area contributed by atoms with Crippen molar-refractivity contribution in [1.29, 1.82) is 0 Å². The summed E-state index contributed by atoms with van der Waals surface area (Å²) in [6.07, 6.45) is 2.59. The first kappa shape index (κ1) is 13.5. The number of anilines is 1. The summed E-state index contributed by atoms with van der Waals surface area (Å²) in [6.45, 7) is 2.75. The number of aliphatic hydroxyl groups is 1. The van der Waals surface area contributed by atoms with Crippen molar-refractivity contribution in [2.75, 3.05) is 18.9 Å². The molecule has 0 unspecified atom stereocenters. The van der Waals surface area contributed by atoms with Gasteiger partial charge in [-0.1, -0.05) is 0 Å². The molecule has 0 aliphatic rings. The van der Waals surface area contributed by atoms with E-state index in [2.05, 4.69) is 5.32 Å². The first-order valence-corrected chi connectivity index (χ1v) is 5.89. The monoisotopic (exact) mass is 236 g/mol. The van der Waals surface area contributed by atoms with Crippen molar-refractivity contribution < 1.29 is 9.90 Å². The number of nitrogens with one attached hydrogen (secondary N) is 1. The lowest BCUT2D eigenvalue weighted by Gasteiger charge is -2.06. The van der Waals surface area contributed by atoms with Crippen molar-refractivity contribution >= 4 is 11.6 Å². The summed E-state index contributed by atoms with van der Waals surface area (Å²) in [4.78, 5) is 11.8. The van der Waals surface area contributed by atoms with Gasteiger partial charge in [-0.15, -0.1) is 0 Å². The first-order chi connectivity index (χ1) is 8.13. The molecule has 4 nitrogen and oxygen atoms in total. The number of benzene rings is 1. The van der Waals surface area contributed by atoms with Crippen LogP contribution in [0.5, 0.6) is 0 Å². The maximum atomic E-state index is 11.8. The molecule has 0 aliphatic carbocycles. The van der Waals surface area contributed by atoms with Gasteiger partial charge < -0.3 is 16.2 Å². The van der Waals surface area contributed by atoms with Gasteiger partial charge in [0.15, 0.2) is 0 Å². The molecule has 0 aromatic heterocycles. The Labute approximate surface area is 102 Å². The molecule has 0 spiro atoms. The Bertz CT molecular complexity index is 357. The van der Waals surface area contributed by atoms with Crippen LogP contribution in [0.2, 0.25) is 0 Å². The third kappa shape index (κ3) is 4.87. The summed E-state index contributed by atoms with van der Waals surface area (Å²) in [7, 11) is 0. The van der Waals surface area contributed by atoms with Crippen LogP contribution < -0.4 is 11.1 Å². The second kappa shape index (κ2) is 6.91. The van der Waals surface area contributed by atoms with Gasteiger partial charge in [0.1, 0.15) is 0 Å². The maximum absolute atomic E-state index is 11.8. The average Bonchev–Trinajstić information content (AvgIpc) is 2.27. The number of nitrogen functional groups attached to an aromatic ring is 1. The smallest absolute Gasteiger partial charge is 0.251 e. The minimum Gasteiger partial charge on any atom is -0.399 e. The zero-order valence-electron chi connectivity index (χ0n) is 10.2. The molecule has 4 heteroatoms. The molecule has 0 bridgehead atoms. The standard InChI is InChI=1S/C13H20N2O2/c1-10-7-11(9-12(14)8-10)13(17)15-5-3-2-4-6-16/h7-9,16H,2-6,14H2,1H3,(H,15,17). The zero-order valence-corrected chi connectivity index (χ0v) is 10.2. The summed E-state index contributed by atoms with van der Waals surface area (Å²) in [6, 6.07) is 5.33. The van der Waals surface area contributed by atoms with Crippen molar-refractivity contribution in [2.45, 2.75) is 26.2 Å². The quantitative estimate of drug-likeness (QED) is 0.517. The van der Waals surface area contributed by atoms with E-state index in [0.29, 0.717) is 17.8 Å². The zero-order chi connectivity index (χ0) is 12.7. The van der Waals surface area contributed by atoms with Gasteiger partial charge >= 0.3 is 0 Å². The molecule has 1 aromatic carbocycles. The van der Waals surface area contributed by atoms with Crippen molar-refractivity contribution in [2.24, 2.45) is 0 Å². The molecule has 0 saturated heterocycles. The van der Waals surface area contributed by atoms with Crippen LogP contribution in [0.1, 0.15) is 35.2 Å². The number of nitrogens with two attached hydrogens (primary N) is 1. The minimum atomic E-state index is -0.0931. The molecule has 0 heterocycles. The summed E-state index contributed by atoms with van der Waals surface area (Å²) >= 11 is 0. The Morgan fingerprint density at radius 3 is 2.71 bits per heavy atom. The van der Waals surface area contributed by atoms with Gasteiger partial charge in [-0.3, -0.25) is 4.79 Å². The number of aliphatic hydroxyl groups excluding tert-OH is 1. The maximum Gasteiger partial charge on any atom is 0.251 e. The van der Waals surface area contributed by atoms with E-state index in [1.54, 1.807) is 6.07 Å². The highest BCUT2D eigenvalue weighted by Gasteiger charge is 2.05. The highest BCUT2D eigenvalue weighted by Crippen LogP contribution is 2.11. The number of aryl methyl sites for hydroxylation is 1. The van der Waals surface area contributed by atoms with Gasteiger partial charge in [-0.2, -0.15) is 0 Å². The second-order valence-electron chi connectivity index (χ2n) is 4.17. The Hall–Kier alpha value is -1.55. The lowest BCUT2D eigenvalue weighted by molar-refractivity contribution is 0.0953. The molecule has 0 saturated carbocycles. The normalized spacial score (nSPS) is 10.2. The van der Waals surface area contributed by atoms with E-state index in [-0.39, 0.29) is 12.5 Å². The number of carbonyl (C=O) groups excluding carboxylic acids is 1. The van der Waals surface area contributed by atoms with Crippen molar-refractivity contribution in [3.05, 3.63) is 29.3 Å². The fourth-order valence-corrected chi connectivity index (χ4v) is 1.66. The van der Waals surface area contributed by atoms with Crippen LogP contribution in [0, 0.1) is 6.92 Å². The van der Waals surface area contributed by atoms with Gasteiger partial charge in [-0.25, -0.2) is 0 Å². The topological polar surface area (TPSA) is 75.4 Å². The SMILES string of the molecule is Cc1cc(N)cc(C(=O)NCCCCCO)c1. The van der Waals surface area contributed by atoms with E-state index in [9.17, 15) is 4.79 Å². The van der Waals surface area contributed by atoms with Crippen LogP contribution in [-0.2, 0) is 0 Å². The molecule has 1 amide bonds. The second-order valence-corrected chi connectivity index (χ2v) is 4.17. The first-order valence-electron chi connectivity index (χ1n) is 5.89. The van der Waals surface area contributed by atoms with Gasteiger partial charge in [-0.05, 0) is 49.9 Å². The molecule has 0 atom stereocenters. The van der Waals surface area contributed by atoms with Crippen LogP contribution in [0.25, 0.3) is 0 Å². The van der Waals surface area contributed by atoms with Crippen molar-refractivity contribution in [3.8, 4) is 0 Å². The van der Waals surface area contributed by atoms with Gasteiger partial charge in [0.2, 0.25) is 0 Å². The molecule has 0 fully saturated rings. The highest BCUT2D eigenvalue weighted by molar-refractivity contribution is 5.95. The Kier molecular flexibility index (Phi) is 5.49. The third-order valence-corrected chi connectivity index (χ3v) is 2.48. The number of unbranched alkanes of at least 4 members (excludes halogenated alkanes) is 2. The van der Waals surface area contributed by atoms with E-state index in [1.165, 1.54) is 0 Å². The molecule has 94 valence electrons. The molecular weight excluding hydrogens is 216 g/mol. The fraction of sp³-hybridized carbons (Fsp3) is 0.462. The average molecular weight is 236 g/mol. The Morgan fingerprint density at radius 2 is 2.06 bits per heavy atom. The predicted octanol–water partition coefficient (Wildman–Crippen LogP) is 1.47. The number of hydrogen-bond donors (Lipinski definition) is 3. The molecular formula is C13H20N2O2. The lowest BCUT2D eigenvalue weighted by Crippen LogP contribution is -2.24. The predicted molar refractivity (Wildman–Crippen MR) is 68.9 cm³/mol. The van der Waals surface area contributed by atoms with E-state index in [0.717, 1.165) is 24.8 Å². The van der Waals surface area contributed by atoms with Crippen molar-refractivity contribution in [1.82, 2.24) is 5.32 Å². The molecule has 17 heavy (non-hydrogen) atoms. The van der Waals surface area contributed by atoms with E-state index in [1.807, 2.05) is 19.1 Å². The number of amides is 1.